The van der Waals surface area contributed by atoms with Crippen LogP contribution in [0.2, 0.25) is 0 Å². The predicted octanol–water partition coefficient (Wildman–Crippen LogP) is 4.45. The van der Waals surface area contributed by atoms with Crippen LogP contribution in [0.1, 0.15) is 15.9 Å². The predicted molar refractivity (Wildman–Crippen MR) is 124 cm³/mol. The lowest BCUT2D eigenvalue weighted by Crippen LogP contribution is -2.27. The van der Waals surface area contributed by atoms with Gasteiger partial charge < -0.3 is 20.1 Å². The summed E-state index contributed by atoms with van der Waals surface area (Å²) < 4.78 is 11.7. The highest BCUT2D eigenvalue weighted by Crippen LogP contribution is 2.19. The van der Waals surface area contributed by atoms with E-state index < -0.39 is 0 Å². The molecule has 3 rings (SSSR count). The van der Waals surface area contributed by atoms with E-state index in [9.17, 15) is 9.59 Å². The van der Waals surface area contributed by atoms with Crippen LogP contribution in [0.3, 0.4) is 0 Å². The summed E-state index contributed by atoms with van der Waals surface area (Å²) in [7, 11) is 1.62. The van der Waals surface area contributed by atoms with E-state index in [-0.39, 0.29) is 18.4 Å². The van der Waals surface area contributed by atoms with E-state index in [0.29, 0.717) is 30.0 Å². The molecular formula is C24H23BrN2O4. The van der Waals surface area contributed by atoms with E-state index in [0.717, 1.165) is 15.8 Å². The Hall–Kier alpha value is -3.32. The van der Waals surface area contributed by atoms with Crippen molar-refractivity contribution in [2.45, 2.75) is 6.42 Å². The normalized spacial score (nSPS) is 10.3. The minimum Gasteiger partial charge on any atom is -0.497 e. The quantitative estimate of drug-likeness (QED) is 0.472. The summed E-state index contributed by atoms with van der Waals surface area (Å²) in [5.74, 6) is 0.591. The molecule has 0 fully saturated rings. The zero-order valence-corrected chi connectivity index (χ0v) is 18.6. The molecule has 0 bridgehead atoms. The molecule has 2 N–H and O–H groups in total. The number of halogens is 1. The van der Waals surface area contributed by atoms with Gasteiger partial charge in [-0.3, -0.25) is 9.59 Å². The van der Waals surface area contributed by atoms with Crippen LogP contribution >= 0.6 is 15.9 Å². The Bertz CT molecular complexity index is 1020. The number of rotatable bonds is 9. The first kappa shape index (κ1) is 22.4. The number of carbonyl (C=O) groups is 2. The van der Waals surface area contributed by atoms with Crippen molar-refractivity contribution in [3.8, 4) is 11.5 Å². The molecular weight excluding hydrogens is 460 g/mol. The summed E-state index contributed by atoms with van der Waals surface area (Å²) >= 11 is 3.35. The maximum absolute atomic E-state index is 12.6. The maximum atomic E-state index is 12.6. The molecule has 0 aromatic heterocycles. The van der Waals surface area contributed by atoms with Crippen LogP contribution in [0.5, 0.6) is 11.5 Å². The Morgan fingerprint density at radius 3 is 2.35 bits per heavy atom. The number of hydrogen-bond acceptors (Lipinski definition) is 4. The Kier molecular flexibility index (Phi) is 8.06. The topological polar surface area (TPSA) is 76.7 Å². The number of anilines is 1. The van der Waals surface area contributed by atoms with Crippen molar-refractivity contribution in [1.29, 1.82) is 0 Å². The van der Waals surface area contributed by atoms with Gasteiger partial charge in [0.05, 0.1) is 12.7 Å². The number of nitrogens with one attached hydrogen (secondary N) is 2. The molecule has 0 heterocycles. The van der Waals surface area contributed by atoms with E-state index >= 15 is 0 Å². The van der Waals surface area contributed by atoms with Gasteiger partial charge in [-0.15, -0.1) is 0 Å². The molecule has 0 spiro atoms. The van der Waals surface area contributed by atoms with Crippen molar-refractivity contribution in [2.75, 3.05) is 25.6 Å². The Morgan fingerprint density at radius 1 is 0.935 bits per heavy atom. The van der Waals surface area contributed by atoms with Gasteiger partial charge in [-0.25, -0.2) is 0 Å². The van der Waals surface area contributed by atoms with E-state index in [1.807, 2.05) is 36.4 Å². The number of carbonyl (C=O) groups excluding carboxylic acids is 2. The van der Waals surface area contributed by atoms with Crippen LogP contribution in [-0.4, -0.2) is 32.1 Å². The molecule has 0 aliphatic carbocycles. The van der Waals surface area contributed by atoms with Crippen molar-refractivity contribution >= 4 is 33.4 Å². The molecule has 6 nitrogen and oxygen atoms in total. The highest BCUT2D eigenvalue weighted by molar-refractivity contribution is 9.10. The Labute approximate surface area is 189 Å². The van der Waals surface area contributed by atoms with Gasteiger partial charge in [0.25, 0.3) is 11.8 Å². The first-order valence-corrected chi connectivity index (χ1v) is 10.5. The minimum absolute atomic E-state index is 0.202. The lowest BCUT2D eigenvalue weighted by molar-refractivity contribution is -0.118. The van der Waals surface area contributed by atoms with Crippen molar-refractivity contribution in [3.05, 3.63) is 88.4 Å². The molecule has 0 saturated heterocycles. The molecule has 0 saturated carbocycles. The van der Waals surface area contributed by atoms with Gasteiger partial charge in [-0.2, -0.15) is 0 Å². The van der Waals surface area contributed by atoms with Crippen LogP contribution in [0.15, 0.2) is 77.3 Å². The molecule has 2 amide bonds. The first-order valence-electron chi connectivity index (χ1n) is 9.73. The first-order chi connectivity index (χ1) is 15.0. The molecule has 3 aromatic carbocycles. The van der Waals surface area contributed by atoms with Gasteiger partial charge in [0.15, 0.2) is 6.61 Å². The summed E-state index contributed by atoms with van der Waals surface area (Å²) in [5.41, 5.74) is 2.14. The zero-order chi connectivity index (χ0) is 22.1. The number of hydrogen-bond donors (Lipinski definition) is 2. The molecule has 0 radical (unpaired) electrons. The Balaban J connectivity index is 1.51. The third-order valence-electron chi connectivity index (χ3n) is 4.48. The van der Waals surface area contributed by atoms with Gasteiger partial charge in [0.2, 0.25) is 0 Å². The van der Waals surface area contributed by atoms with Gasteiger partial charge >= 0.3 is 0 Å². The fraction of sp³-hybridized carbons (Fsp3) is 0.167. The maximum Gasteiger partial charge on any atom is 0.262 e. The average Bonchev–Trinajstić information content (AvgIpc) is 2.80. The lowest BCUT2D eigenvalue weighted by atomic mass is 10.1. The number of para-hydroxylation sites is 1. The molecule has 160 valence electrons. The highest BCUT2D eigenvalue weighted by atomic mass is 79.9. The van der Waals surface area contributed by atoms with E-state index in [2.05, 4.69) is 26.6 Å². The van der Waals surface area contributed by atoms with Gasteiger partial charge in [-0.1, -0.05) is 40.2 Å². The SMILES string of the molecule is COc1ccc(CCNC(=O)c2ccccc2OCC(=O)Nc2ccc(Br)cc2)cc1. The monoisotopic (exact) mass is 482 g/mol. The summed E-state index contributed by atoms with van der Waals surface area (Å²) in [5, 5.41) is 5.65. The van der Waals surface area contributed by atoms with Crippen molar-refractivity contribution in [2.24, 2.45) is 0 Å². The average molecular weight is 483 g/mol. The third kappa shape index (κ3) is 6.86. The zero-order valence-electron chi connectivity index (χ0n) is 17.1. The van der Waals surface area contributed by atoms with E-state index in [4.69, 9.17) is 9.47 Å². The van der Waals surface area contributed by atoms with Crippen LogP contribution in [0.4, 0.5) is 5.69 Å². The smallest absolute Gasteiger partial charge is 0.262 e. The summed E-state index contributed by atoms with van der Waals surface area (Å²) in [6, 6.07) is 21.8. The Morgan fingerprint density at radius 2 is 1.65 bits per heavy atom. The number of ether oxygens (including phenoxy) is 2. The standard InChI is InChI=1S/C24H23BrN2O4/c1-30-20-12-6-17(7-13-20)14-15-26-24(29)21-4-2-3-5-22(21)31-16-23(28)27-19-10-8-18(25)9-11-19/h2-13H,14-16H2,1H3,(H,26,29)(H,27,28). The van der Waals surface area contributed by atoms with Gasteiger partial charge in [-0.05, 0) is 60.5 Å². The minimum atomic E-state index is -0.308. The van der Waals surface area contributed by atoms with Crippen molar-refractivity contribution in [3.63, 3.8) is 0 Å². The lowest BCUT2D eigenvalue weighted by Gasteiger charge is -2.12. The molecule has 3 aromatic rings. The van der Waals surface area contributed by atoms with Crippen LogP contribution in [0.25, 0.3) is 0 Å². The molecule has 0 atom stereocenters. The van der Waals surface area contributed by atoms with Crippen molar-refractivity contribution < 1.29 is 19.1 Å². The van der Waals surface area contributed by atoms with Gasteiger partial charge in [0, 0.05) is 16.7 Å². The molecule has 0 aliphatic rings. The van der Waals surface area contributed by atoms with Crippen LogP contribution in [0, 0.1) is 0 Å². The van der Waals surface area contributed by atoms with E-state index in [1.165, 1.54) is 0 Å². The second-order valence-electron chi connectivity index (χ2n) is 6.69. The highest BCUT2D eigenvalue weighted by Gasteiger charge is 2.13. The number of methoxy groups -OCH3 is 1. The fourth-order valence-electron chi connectivity index (χ4n) is 2.86. The number of benzene rings is 3. The second kappa shape index (κ2) is 11.2. The van der Waals surface area contributed by atoms with E-state index in [1.54, 1.807) is 43.5 Å². The van der Waals surface area contributed by atoms with Gasteiger partial charge in [0.1, 0.15) is 11.5 Å². The molecule has 0 unspecified atom stereocenters. The third-order valence-corrected chi connectivity index (χ3v) is 5.01. The fourth-order valence-corrected chi connectivity index (χ4v) is 3.13. The number of amides is 2. The molecule has 0 aliphatic heterocycles. The van der Waals surface area contributed by atoms with Crippen LogP contribution in [-0.2, 0) is 11.2 Å². The van der Waals surface area contributed by atoms with Crippen LogP contribution < -0.4 is 20.1 Å². The molecule has 7 heteroatoms. The summed E-state index contributed by atoms with van der Waals surface area (Å²) in [6.45, 7) is 0.274. The summed E-state index contributed by atoms with van der Waals surface area (Å²) in [4.78, 5) is 24.8. The molecule has 31 heavy (non-hydrogen) atoms. The second-order valence-corrected chi connectivity index (χ2v) is 7.61. The largest absolute Gasteiger partial charge is 0.497 e. The van der Waals surface area contributed by atoms with Crippen molar-refractivity contribution in [1.82, 2.24) is 5.32 Å². The summed E-state index contributed by atoms with van der Waals surface area (Å²) in [6.07, 6.45) is 0.689.